The number of carboxylic acids is 1. The zero-order valence-electron chi connectivity index (χ0n) is 13.5. The molecule has 132 valence electrons. The molecule has 0 radical (unpaired) electrons. The zero-order valence-corrected chi connectivity index (χ0v) is 14.3. The van der Waals surface area contributed by atoms with Crippen molar-refractivity contribution in [1.29, 1.82) is 0 Å². The van der Waals surface area contributed by atoms with Crippen molar-refractivity contribution in [2.45, 2.75) is 50.5 Å². The maximum atomic E-state index is 12.7. The summed E-state index contributed by atoms with van der Waals surface area (Å²) in [7, 11) is -4.07. The Morgan fingerprint density at radius 1 is 1.21 bits per heavy atom. The predicted molar refractivity (Wildman–Crippen MR) is 86.3 cm³/mol. The molecular weight excluding hydrogens is 336 g/mol. The molecule has 1 aromatic carbocycles. The SMILES string of the molecule is Cc1ccc(C)c(S(=O)(=O)NC2CCC(C(=O)O)CC2)c1[N+](=O)[O-]. The summed E-state index contributed by atoms with van der Waals surface area (Å²) in [4.78, 5) is 21.3. The Morgan fingerprint density at radius 2 is 1.75 bits per heavy atom. The molecule has 0 unspecified atom stereocenters. The fraction of sp³-hybridized carbons (Fsp3) is 0.533. The van der Waals surface area contributed by atoms with Gasteiger partial charge in [0.15, 0.2) is 4.90 Å². The first-order valence-electron chi connectivity index (χ1n) is 7.63. The summed E-state index contributed by atoms with van der Waals surface area (Å²) < 4.78 is 27.9. The van der Waals surface area contributed by atoms with E-state index in [-0.39, 0.29) is 10.5 Å². The first kappa shape index (κ1) is 18.3. The molecule has 0 saturated heterocycles. The molecule has 0 heterocycles. The van der Waals surface area contributed by atoms with Crippen LogP contribution in [0.4, 0.5) is 5.69 Å². The normalized spacial score (nSPS) is 21.4. The Hall–Kier alpha value is -2.00. The van der Waals surface area contributed by atoms with Gasteiger partial charge in [0.25, 0.3) is 5.69 Å². The first-order valence-corrected chi connectivity index (χ1v) is 9.11. The Labute approximate surface area is 140 Å². The third kappa shape index (κ3) is 3.73. The number of hydrogen-bond donors (Lipinski definition) is 2. The molecule has 1 aliphatic carbocycles. The van der Waals surface area contributed by atoms with Crippen LogP contribution in [-0.2, 0) is 14.8 Å². The molecule has 1 aromatic rings. The Balaban J connectivity index is 2.28. The summed E-state index contributed by atoms with van der Waals surface area (Å²) in [6.45, 7) is 3.01. The molecule has 24 heavy (non-hydrogen) atoms. The number of aliphatic carboxylic acids is 1. The lowest BCUT2D eigenvalue weighted by molar-refractivity contribution is -0.388. The molecule has 2 rings (SSSR count). The highest BCUT2D eigenvalue weighted by atomic mass is 32.2. The minimum atomic E-state index is -4.07. The number of aryl methyl sites for hydroxylation is 2. The van der Waals surface area contributed by atoms with Gasteiger partial charge in [0, 0.05) is 11.6 Å². The third-order valence-corrected chi connectivity index (χ3v) is 6.08. The van der Waals surface area contributed by atoms with Crippen molar-refractivity contribution in [2.75, 3.05) is 0 Å². The van der Waals surface area contributed by atoms with E-state index in [1.165, 1.54) is 26.0 Å². The van der Waals surface area contributed by atoms with Crippen LogP contribution in [0.5, 0.6) is 0 Å². The number of hydrogen-bond acceptors (Lipinski definition) is 5. The van der Waals surface area contributed by atoms with Gasteiger partial charge in [-0.25, -0.2) is 13.1 Å². The molecule has 8 nitrogen and oxygen atoms in total. The van der Waals surface area contributed by atoms with Crippen LogP contribution in [0.15, 0.2) is 17.0 Å². The summed E-state index contributed by atoms with van der Waals surface area (Å²) in [6.07, 6.45) is 1.57. The van der Waals surface area contributed by atoms with Crippen molar-refractivity contribution in [2.24, 2.45) is 5.92 Å². The highest BCUT2D eigenvalue weighted by Crippen LogP contribution is 2.32. The molecule has 1 saturated carbocycles. The van der Waals surface area contributed by atoms with E-state index in [4.69, 9.17) is 5.11 Å². The van der Waals surface area contributed by atoms with Gasteiger partial charge in [-0.05, 0) is 45.1 Å². The standard InChI is InChI=1S/C15H20N2O6S/c1-9-3-4-10(2)14(13(9)17(20)21)24(22,23)16-12-7-5-11(6-8-12)15(18)19/h3-4,11-12,16H,5-8H2,1-2H3,(H,18,19). The Bertz CT molecular complexity index is 766. The van der Waals surface area contributed by atoms with Gasteiger partial charge in [-0.15, -0.1) is 0 Å². The number of benzene rings is 1. The molecule has 0 aromatic heterocycles. The molecule has 0 spiro atoms. The van der Waals surface area contributed by atoms with E-state index >= 15 is 0 Å². The highest BCUT2D eigenvalue weighted by molar-refractivity contribution is 7.89. The second-order valence-corrected chi connectivity index (χ2v) is 7.79. The smallest absolute Gasteiger partial charge is 0.306 e. The van der Waals surface area contributed by atoms with Crippen LogP contribution in [-0.4, -0.2) is 30.5 Å². The van der Waals surface area contributed by atoms with Gasteiger partial charge in [-0.2, -0.15) is 0 Å². The minimum absolute atomic E-state index is 0.278. The van der Waals surface area contributed by atoms with Crippen LogP contribution in [0.25, 0.3) is 0 Å². The first-order chi connectivity index (χ1) is 11.1. The van der Waals surface area contributed by atoms with Gasteiger partial charge in [-0.1, -0.05) is 12.1 Å². The van der Waals surface area contributed by atoms with Gasteiger partial charge >= 0.3 is 5.97 Å². The summed E-state index contributed by atoms with van der Waals surface area (Å²) in [5, 5.41) is 20.3. The fourth-order valence-corrected chi connectivity index (χ4v) is 4.85. The molecule has 0 amide bonds. The fourth-order valence-electron chi connectivity index (χ4n) is 3.07. The number of nitrogens with zero attached hydrogens (tertiary/aromatic N) is 1. The number of carboxylic acid groups (broad SMARTS) is 1. The van der Waals surface area contributed by atoms with Crippen molar-refractivity contribution in [3.05, 3.63) is 33.4 Å². The summed E-state index contributed by atoms with van der Waals surface area (Å²) in [5.41, 5.74) is 0.168. The molecule has 1 fully saturated rings. The maximum absolute atomic E-state index is 12.7. The largest absolute Gasteiger partial charge is 0.481 e. The van der Waals surface area contributed by atoms with Crippen LogP contribution < -0.4 is 4.72 Å². The van der Waals surface area contributed by atoms with E-state index in [0.717, 1.165) is 0 Å². The van der Waals surface area contributed by atoms with Crippen LogP contribution in [0.3, 0.4) is 0 Å². The number of nitro groups is 1. The summed E-state index contributed by atoms with van der Waals surface area (Å²) in [5.74, 6) is -1.33. The van der Waals surface area contributed by atoms with Crippen LogP contribution in [0.1, 0.15) is 36.8 Å². The zero-order chi connectivity index (χ0) is 18.1. The number of nitrogens with one attached hydrogen (secondary N) is 1. The number of carbonyl (C=O) groups is 1. The van der Waals surface area contributed by atoms with Gasteiger partial charge in [0.2, 0.25) is 10.0 Å². The number of nitro benzene ring substituents is 1. The monoisotopic (exact) mass is 356 g/mol. The molecule has 2 N–H and O–H groups in total. The number of rotatable bonds is 5. The van der Waals surface area contributed by atoms with Gasteiger partial charge < -0.3 is 5.11 Å². The minimum Gasteiger partial charge on any atom is -0.481 e. The van der Waals surface area contributed by atoms with Gasteiger partial charge in [0.1, 0.15) is 0 Å². The maximum Gasteiger partial charge on any atom is 0.306 e. The van der Waals surface area contributed by atoms with Crippen molar-refractivity contribution < 1.29 is 23.2 Å². The number of sulfonamides is 1. The Kier molecular flexibility index (Phi) is 5.24. The topological polar surface area (TPSA) is 127 Å². The van der Waals surface area contributed by atoms with E-state index in [1.54, 1.807) is 0 Å². The third-order valence-electron chi connectivity index (χ3n) is 4.38. The molecular formula is C15H20N2O6S. The lowest BCUT2D eigenvalue weighted by Crippen LogP contribution is -2.39. The summed E-state index contributed by atoms with van der Waals surface area (Å²) >= 11 is 0. The van der Waals surface area contributed by atoms with E-state index in [2.05, 4.69) is 4.72 Å². The molecule has 9 heteroatoms. The molecule has 0 aliphatic heterocycles. The van der Waals surface area contributed by atoms with E-state index in [0.29, 0.717) is 31.2 Å². The van der Waals surface area contributed by atoms with Gasteiger partial charge in [0.05, 0.1) is 10.8 Å². The molecule has 0 atom stereocenters. The van der Waals surface area contributed by atoms with Crippen LogP contribution >= 0.6 is 0 Å². The predicted octanol–water partition coefficient (Wildman–Crippen LogP) is 2.13. The molecule has 0 bridgehead atoms. The average Bonchev–Trinajstić information content (AvgIpc) is 2.48. The summed E-state index contributed by atoms with van der Waals surface area (Å²) in [6, 6.07) is 2.65. The van der Waals surface area contributed by atoms with E-state index in [9.17, 15) is 23.3 Å². The van der Waals surface area contributed by atoms with Crippen molar-refractivity contribution >= 4 is 21.7 Å². The van der Waals surface area contributed by atoms with Gasteiger partial charge in [-0.3, -0.25) is 14.9 Å². The van der Waals surface area contributed by atoms with Crippen molar-refractivity contribution in [3.8, 4) is 0 Å². The van der Waals surface area contributed by atoms with Crippen LogP contribution in [0, 0.1) is 29.9 Å². The van der Waals surface area contributed by atoms with E-state index in [1.807, 2.05) is 0 Å². The van der Waals surface area contributed by atoms with Crippen molar-refractivity contribution in [3.63, 3.8) is 0 Å². The van der Waals surface area contributed by atoms with E-state index < -0.39 is 38.6 Å². The second-order valence-electron chi connectivity index (χ2n) is 6.14. The lowest BCUT2D eigenvalue weighted by atomic mass is 9.87. The average molecular weight is 356 g/mol. The molecule has 1 aliphatic rings. The lowest BCUT2D eigenvalue weighted by Gasteiger charge is -2.26. The quantitative estimate of drug-likeness (QED) is 0.614. The highest BCUT2D eigenvalue weighted by Gasteiger charge is 2.34. The second kappa shape index (κ2) is 6.86. The van der Waals surface area contributed by atoms with Crippen molar-refractivity contribution in [1.82, 2.24) is 4.72 Å². The Morgan fingerprint density at radius 3 is 2.25 bits per heavy atom. The van der Waals surface area contributed by atoms with Crippen LogP contribution in [0.2, 0.25) is 0 Å².